The molecule has 0 aliphatic heterocycles. The molecule has 0 aliphatic carbocycles. The molecule has 0 spiro atoms. The standard InChI is InChI=1S/C23H15BrF2N4O3/c24-14-5-10-19-13(11-14)12-20(21(31)27-16-8-6-15(25)7-9-16)30(19)29-23(33)22(32)28-18-4-2-1-3-17(18)26/h1-12H,(H,27,31)(H,28,32)(H,29,33). The smallest absolute Gasteiger partial charge is 0.321 e. The summed E-state index contributed by atoms with van der Waals surface area (Å²) in [5.41, 5.74) is 3.01. The summed E-state index contributed by atoms with van der Waals surface area (Å²) in [5, 5.41) is 5.40. The number of nitrogens with zero attached hydrogens (tertiary/aromatic N) is 1. The Labute approximate surface area is 194 Å². The zero-order valence-electron chi connectivity index (χ0n) is 16.7. The van der Waals surface area contributed by atoms with Gasteiger partial charge >= 0.3 is 11.8 Å². The number of anilines is 2. The van der Waals surface area contributed by atoms with Crippen LogP contribution in [0.15, 0.2) is 77.3 Å². The number of halogens is 3. The van der Waals surface area contributed by atoms with E-state index in [1.807, 2.05) is 0 Å². The Morgan fingerprint density at radius 2 is 1.55 bits per heavy atom. The van der Waals surface area contributed by atoms with Gasteiger partial charge in [-0.25, -0.2) is 13.5 Å². The fourth-order valence-electron chi connectivity index (χ4n) is 3.10. The zero-order valence-corrected chi connectivity index (χ0v) is 18.3. The molecule has 0 fully saturated rings. The number of benzene rings is 3. The first-order valence-corrected chi connectivity index (χ1v) is 10.4. The summed E-state index contributed by atoms with van der Waals surface area (Å²) >= 11 is 3.35. The maximum Gasteiger partial charge on any atom is 0.328 e. The lowest BCUT2D eigenvalue weighted by Crippen LogP contribution is -2.36. The van der Waals surface area contributed by atoms with Crippen molar-refractivity contribution in [3.63, 3.8) is 0 Å². The molecule has 4 rings (SSSR count). The highest BCUT2D eigenvalue weighted by Gasteiger charge is 2.22. The van der Waals surface area contributed by atoms with Crippen LogP contribution in [-0.2, 0) is 9.59 Å². The van der Waals surface area contributed by atoms with Crippen LogP contribution in [0.3, 0.4) is 0 Å². The van der Waals surface area contributed by atoms with E-state index < -0.39 is 29.4 Å². The van der Waals surface area contributed by atoms with Gasteiger partial charge in [-0.1, -0.05) is 28.1 Å². The Hall–Kier alpha value is -4.05. The lowest BCUT2D eigenvalue weighted by atomic mass is 10.2. The quantitative estimate of drug-likeness (QED) is 0.347. The largest absolute Gasteiger partial charge is 0.328 e. The summed E-state index contributed by atoms with van der Waals surface area (Å²) in [7, 11) is 0. The first kappa shape index (κ1) is 22.2. The van der Waals surface area contributed by atoms with Crippen LogP contribution in [-0.4, -0.2) is 22.4 Å². The van der Waals surface area contributed by atoms with Gasteiger partial charge in [-0.3, -0.25) is 19.8 Å². The van der Waals surface area contributed by atoms with Crippen LogP contribution >= 0.6 is 15.9 Å². The molecule has 4 aromatic rings. The van der Waals surface area contributed by atoms with Crippen LogP contribution in [0, 0.1) is 11.6 Å². The first-order chi connectivity index (χ1) is 15.8. The van der Waals surface area contributed by atoms with Crippen LogP contribution in [0.4, 0.5) is 20.2 Å². The van der Waals surface area contributed by atoms with Crippen molar-refractivity contribution >= 4 is 55.9 Å². The molecule has 0 saturated heterocycles. The number of rotatable bonds is 4. The monoisotopic (exact) mass is 512 g/mol. The van der Waals surface area contributed by atoms with Crippen molar-refractivity contribution in [2.45, 2.75) is 0 Å². The molecule has 3 aromatic carbocycles. The van der Waals surface area contributed by atoms with Crippen LogP contribution in [0.25, 0.3) is 10.9 Å². The summed E-state index contributed by atoms with van der Waals surface area (Å²) in [4.78, 5) is 37.8. The van der Waals surface area contributed by atoms with Gasteiger partial charge < -0.3 is 10.6 Å². The molecule has 1 heterocycles. The van der Waals surface area contributed by atoms with E-state index in [2.05, 4.69) is 32.0 Å². The molecule has 3 N–H and O–H groups in total. The van der Waals surface area contributed by atoms with Gasteiger partial charge in [0, 0.05) is 15.5 Å². The zero-order chi connectivity index (χ0) is 23.5. The SMILES string of the molecule is O=C(Nc1ccccc1F)C(=O)Nn1c(C(=O)Nc2ccc(F)cc2)cc2cc(Br)ccc21. The number of hydrogen-bond donors (Lipinski definition) is 3. The summed E-state index contributed by atoms with van der Waals surface area (Å²) in [6, 6.07) is 17.2. The average Bonchev–Trinajstić information content (AvgIpc) is 3.14. The van der Waals surface area contributed by atoms with Gasteiger partial charge in [0.2, 0.25) is 0 Å². The Morgan fingerprint density at radius 3 is 2.27 bits per heavy atom. The van der Waals surface area contributed by atoms with Crippen molar-refractivity contribution in [1.29, 1.82) is 0 Å². The number of aromatic nitrogens is 1. The number of carbonyl (C=O) groups is 3. The van der Waals surface area contributed by atoms with Gasteiger partial charge in [-0.05, 0) is 60.7 Å². The molecule has 3 amide bonds. The molecule has 166 valence electrons. The van der Waals surface area contributed by atoms with Gasteiger partial charge in [0.1, 0.15) is 17.3 Å². The van der Waals surface area contributed by atoms with Crippen molar-refractivity contribution in [3.05, 3.63) is 94.6 Å². The summed E-state index contributed by atoms with van der Waals surface area (Å²) < 4.78 is 28.9. The van der Waals surface area contributed by atoms with E-state index in [9.17, 15) is 23.2 Å². The minimum Gasteiger partial charge on any atom is -0.321 e. The van der Waals surface area contributed by atoms with Crippen molar-refractivity contribution in [3.8, 4) is 0 Å². The Balaban J connectivity index is 1.63. The average molecular weight is 513 g/mol. The summed E-state index contributed by atoms with van der Waals surface area (Å²) in [5.74, 6) is -4.00. The van der Waals surface area contributed by atoms with Gasteiger partial charge in [0.25, 0.3) is 5.91 Å². The molecule has 0 saturated carbocycles. The molecular formula is C23H15BrF2N4O3. The molecule has 10 heteroatoms. The molecule has 33 heavy (non-hydrogen) atoms. The number of nitrogens with one attached hydrogen (secondary N) is 3. The summed E-state index contributed by atoms with van der Waals surface area (Å²) in [6.45, 7) is 0. The fourth-order valence-corrected chi connectivity index (χ4v) is 3.47. The highest BCUT2D eigenvalue weighted by molar-refractivity contribution is 9.10. The highest BCUT2D eigenvalue weighted by atomic mass is 79.9. The lowest BCUT2D eigenvalue weighted by molar-refractivity contribution is -0.133. The Bertz CT molecular complexity index is 1390. The highest BCUT2D eigenvalue weighted by Crippen LogP contribution is 2.24. The second-order valence-electron chi connectivity index (χ2n) is 6.90. The predicted molar refractivity (Wildman–Crippen MR) is 123 cm³/mol. The van der Waals surface area contributed by atoms with Crippen LogP contribution < -0.4 is 16.1 Å². The van der Waals surface area contributed by atoms with E-state index in [1.54, 1.807) is 18.2 Å². The van der Waals surface area contributed by atoms with Gasteiger partial charge in [0.15, 0.2) is 0 Å². The minimum atomic E-state index is -1.12. The predicted octanol–water partition coefficient (Wildman–Crippen LogP) is 4.64. The minimum absolute atomic E-state index is 0.0134. The van der Waals surface area contributed by atoms with Crippen molar-refractivity contribution < 1.29 is 23.2 Å². The molecular weight excluding hydrogens is 498 g/mol. The van der Waals surface area contributed by atoms with Gasteiger partial charge in [-0.15, -0.1) is 0 Å². The van der Waals surface area contributed by atoms with Crippen LogP contribution in [0.2, 0.25) is 0 Å². The number of amides is 3. The molecule has 0 aliphatic rings. The van der Waals surface area contributed by atoms with Crippen LogP contribution in [0.1, 0.15) is 10.5 Å². The third-order valence-electron chi connectivity index (χ3n) is 4.64. The number of para-hydroxylation sites is 1. The molecule has 1 aromatic heterocycles. The van der Waals surface area contributed by atoms with Crippen molar-refractivity contribution in [2.75, 3.05) is 16.1 Å². The topological polar surface area (TPSA) is 92.2 Å². The number of hydrogen-bond acceptors (Lipinski definition) is 3. The number of fused-ring (bicyclic) bond motifs is 1. The van der Waals surface area contributed by atoms with E-state index in [-0.39, 0.29) is 11.4 Å². The fraction of sp³-hybridized carbons (Fsp3) is 0. The molecule has 0 unspecified atom stereocenters. The molecule has 0 atom stereocenters. The van der Waals surface area contributed by atoms with E-state index in [1.165, 1.54) is 48.5 Å². The third kappa shape index (κ3) is 4.90. The Morgan fingerprint density at radius 1 is 0.818 bits per heavy atom. The van der Waals surface area contributed by atoms with Crippen molar-refractivity contribution in [2.24, 2.45) is 0 Å². The van der Waals surface area contributed by atoms with E-state index in [0.29, 0.717) is 16.6 Å². The summed E-state index contributed by atoms with van der Waals surface area (Å²) in [6.07, 6.45) is 0. The molecule has 7 nitrogen and oxygen atoms in total. The maximum atomic E-state index is 13.8. The van der Waals surface area contributed by atoms with Crippen LogP contribution in [0.5, 0.6) is 0 Å². The lowest BCUT2D eigenvalue weighted by Gasteiger charge is -2.13. The van der Waals surface area contributed by atoms with Gasteiger partial charge in [0.05, 0.1) is 11.2 Å². The second kappa shape index (κ2) is 9.21. The molecule has 0 bridgehead atoms. The number of carbonyl (C=O) groups excluding carboxylic acids is 3. The first-order valence-electron chi connectivity index (χ1n) is 9.56. The van der Waals surface area contributed by atoms with E-state index in [4.69, 9.17) is 0 Å². The second-order valence-corrected chi connectivity index (χ2v) is 7.82. The molecule has 0 radical (unpaired) electrons. The third-order valence-corrected chi connectivity index (χ3v) is 5.13. The van der Waals surface area contributed by atoms with Gasteiger partial charge in [-0.2, -0.15) is 0 Å². The van der Waals surface area contributed by atoms with E-state index >= 15 is 0 Å². The normalized spacial score (nSPS) is 10.6. The maximum absolute atomic E-state index is 13.8. The Kier molecular flexibility index (Phi) is 6.18. The van der Waals surface area contributed by atoms with E-state index in [0.717, 1.165) is 15.2 Å². The van der Waals surface area contributed by atoms with Crippen molar-refractivity contribution in [1.82, 2.24) is 4.68 Å².